The molecule has 0 bridgehead atoms. The van der Waals surface area contributed by atoms with Crippen molar-refractivity contribution in [2.45, 2.75) is 19.3 Å². The van der Waals surface area contributed by atoms with Crippen LogP contribution in [0, 0.1) is 5.92 Å². The van der Waals surface area contributed by atoms with Crippen LogP contribution in [0.2, 0.25) is 0 Å². The van der Waals surface area contributed by atoms with Crippen molar-refractivity contribution in [3.8, 4) is 0 Å². The van der Waals surface area contributed by atoms with E-state index in [2.05, 4.69) is 4.74 Å². The highest BCUT2D eigenvalue weighted by Gasteiger charge is 2.13. The summed E-state index contributed by atoms with van der Waals surface area (Å²) in [4.78, 5) is 10.2. The summed E-state index contributed by atoms with van der Waals surface area (Å²) in [6.07, 6.45) is 2.37. The highest BCUT2D eigenvalue weighted by atomic mass is 16.5. The van der Waals surface area contributed by atoms with Crippen molar-refractivity contribution in [3.05, 3.63) is 0 Å². The Morgan fingerprint density at radius 2 is 2.17 bits per heavy atom. The van der Waals surface area contributed by atoms with E-state index < -0.39 is 6.09 Å². The van der Waals surface area contributed by atoms with Crippen LogP contribution in [0.15, 0.2) is 0 Å². The molecule has 1 amide bonds. The van der Waals surface area contributed by atoms with Crippen molar-refractivity contribution in [3.63, 3.8) is 0 Å². The number of primary amides is 1. The number of hydrogen-bond donors (Lipinski definition) is 1. The maximum absolute atomic E-state index is 10.2. The van der Waals surface area contributed by atoms with E-state index in [0.717, 1.165) is 32.5 Å². The van der Waals surface area contributed by atoms with Crippen LogP contribution < -0.4 is 5.73 Å². The van der Waals surface area contributed by atoms with Crippen LogP contribution in [0.25, 0.3) is 0 Å². The van der Waals surface area contributed by atoms with Gasteiger partial charge in [-0.25, -0.2) is 4.79 Å². The molecule has 0 aromatic heterocycles. The smallest absolute Gasteiger partial charge is 0.404 e. The average molecular weight is 173 g/mol. The lowest BCUT2D eigenvalue weighted by Crippen LogP contribution is -2.19. The van der Waals surface area contributed by atoms with E-state index in [1.165, 1.54) is 0 Å². The third-order valence-electron chi connectivity index (χ3n) is 2.11. The molecule has 1 heterocycles. The minimum Gasteiger partial charge on any atom is -0.450 e. The van der Waals surface area contributed by atoms with Gasteiger partial charge in [0.2, 0.25) is 0 Å². The Balaban J connectivity index is 2.01. The number of amides is 1. The first-order chi connectivity index (χ1) is 5.79. The number of nitrogens with two attached hydrogens (primary N) is 1. The maximum Gasteiger partial charge on any atom is 0.404 e. The van der Waals surface area contributed by atoms with E-state index >= 15 is 0 Å². The Morgan fingerprint density at radius 3 is 2.75 bits per heavy atom. The van der Waals surface area contributed by atoms with Gasteiger partial charge in [-0.2, -0.15) is 0 Å². The maximum atomic E-state index is 10.2. The molecule has 0 atom stereocenters. The molecule has 2 N–H and O–H groups in total. The number of carbonyl (C=O) groups is 1. The fourth-order valence-corrected chi connectivity index (χ4v) is 1.36. The quantitative estimate of drug-likeness (QED) is 0.689. The van der Waals surface area contributed by atoms with Gasteiger partial charge in [0, 0.05) is 13.2 Å². The number of carbonyl (C=O) groups excluding carboxylic acids is 1. The summed E-state index contributed by atoms with van der Waals surface area (Å²) in [5, 5.41) is 0. The van der Waals surface area contributed by atoms with Crippen molar-refractivity contribution in [2.75, 3.05) is 19.8 Å². The summed E-state index contributed by atoms with van der Waals surface area (Å²) in [7, 11) is 0. The fourth-order valence-electron chi connectivity index (χ4n) is 1.36. The molecule has 0 unspecified atom stereocenters. The van der Waals surface area contributed by atoms with E-state index in [-0.39, 0.29) is 0 Å². The molecule has 0 aromatic rings. The molecule has 0 spiro atoms. The van der Waals surface area contributed by atoms with Crippen LogP contribution in [0.1, 0.15) is 19.3 Å². The molecule has 12 heavy (non-hydrogen) atoms. The molecule has 0 saturated carbocycles. The van der Waals surface area contributed by atoms with E-state index in [0.29, 0.717) is 12.5 Å². The minimum absolute atomic E-state index is 0.444. The van der Waals surface area contributed by atoms with Crippen LogP contribution >= 0.6 is 0 Å². The molecule has 0 aliphatic carbocycles. The lowest BCUT2D eigenvalue weighted by molar-refractivity contribution is 0.0559. The monoisotopic (exact) mass is 173 g/mol. The third kappa shape index (κ3) is 3.57. The van der Waals surface area contributed by atoms with Gasteiger partial charge in [-0.1, -0.05) is 0 Å². The zero-order chi connectivity index (χ0) is 8.81. The second-order valence-corrected chi connectivity index (χ2v) is 3.01. The van der Waals surface area contributed by atoms with Gasteiger partial charge >= 0.3 is 6.09 Å². The van der Waals surface area contributed by atoms with Gasteiger partial charge in [-0.15, -0.1) is 0 Å². The second kappa shape index (κ2) is 4.98. The number of hydrogen-bond acceptors (Lipinski definition) is 3. The Morgan fingerprint density at radius 1 is 1.50 bits per heavy atom. The predicted octanol–water partition coefficient (Wildman–Crippen LogP) is 0.898. The van der Waals surface area contributed by atoms with E-state index in [9.17, 15) is 4.79 Å². The first-order valence-corrected chi connectivity index (χ1v) is 4.29. The second-order valence-electron chi connectivity index (χ2n) is 3.01. The van der Waals surface area contributed by atoms with Gasteiger partial charge in [-0.3, -0.25) is 0 Å². The molecule has 4 nitrogen and oxygen atoms in total. The minimum atomic E-state index is -0.679. The molecule has 1 aliphatic heterocycles. The van der Waals surface area contributed by atoms with E-state index in [1.807, 2.05) is 0 Å². The van der Waals surface area contributed by atoms with Gasteiger partial charge in [0.25, 0.3) is 0 Å². The van der Waals surface area contributed by atoms with Crippen LogP contribution in [0.5, 0.6) is 0 Å². The van der Waals surface area contributed by atoms with Gasteiger partial charge in [-0.05, 0) is 25.2 Å². The zero-order valence-corrected chi connectivity index (χ0v) is 7.12. The lowest BCUT2D eigenvalue weighted by Gasteiger charge is -2.21. The number of rotatable bonds is 3. The van der Waals surface area contributed by atoms with Crippen LogP contribution in [0.3, 0.4) is 0 Å². The number of ether oxygens (including phenoxy) is 2. The average Bonchev–Trinajstić information content (AvgIpc) is 2.05. The molecule has 1 aliphatic rings. The molecule has 0 aromatic carbocycles. The SMILES string of the molecule is NC(=O)OCCC1CCOCC1. The first kappa shape index (κ1) is 9.32. The van der Waals surface area contributed by atoms with Crippen molar-refractivity contribution >= 4 is 6.09 Å². The van der Waals surface area contributed by atoms with Gasteiger partial charge < -0.3 is 15.2 Å². The van der Waals surface area contributed by atoms with Gasteiger partial charge in [0.1, 0.15) is 0 Å². The molecular weight excluding hydrogens is 158 g/mol. The Kier molecular flexibility index (Phi) is 3.87. The Bertz CT molecular complexity index is 143. The molecule has 4 heteroatoms. The van der Waals surface area contributed by atoms with Crippen molar-refractivity contribution < 1.29 is 14.3 Å². The third-order valence-corrected chi connectivity index (χ3v) is 2.11. The summed E-state index contributed by atoms with van der Waals surface area (Å²) in [5.74, 6) is 0.637. The molecule has 70 valence electrons. The highest BCUT2D eigenvalue weighted by Crippen LogP contribution is 2.17. The van der Waals surface area contributed by atoms with Crippen molar-refractivity contribution in [1.29, 1.82) is 0 Å². The largest absolute Gasteiger partial charge is 0.450 e. The normalized spacial score (nSPS) is 19.0. The van der Waals surface area contributed by atoms with E-state index in [4.69, 9.17) is 10.5 Å². The van der Waals surface area contributed by atoms with Crippen LogP contribution in [-0.4, -0.2) is 25.9 Å². The summed E-state index contributed by atoms with van der Waals surface area (Å²) >= 11 is 0. The summed E-state index contributed by atoms with van der Waals surface area (Å²) < 4.78 is 9.84. The van der Waals surface area contributed by atoms with Crippen LogP contribution in [0.4, 0.5) is 4.79 Å². The molecular formula is C8H15NO3. The zero-order valence-electron chi connectivity index (χ0n) is 7.12. The van der Waals surface area contributed by atoms with Gasteiger partial charge in [0.15, 0.2) is 0 Å². The van der Waals surface area contributed by atoms with Crippen LogP contribution in [-0.2, 0) is 9.47 Å². The Labute approximate surface area is 72.0 Å². The van der Waals surface area contributed by atoms with E-state index in [1.54, 1.807) is 0 Å². The van der Waals surface area contributed by atoms with Crippen molar-refractivity contribution in [1.82, 2.24) is 0 Å². The highest BCUT2D eigenvalue weighted by molar-refractivity contribution is 5.64. The Hall–Kier alpha value is -0.770. The molecule has 1 rings (SSSR count). The summed E-state index contributed by atoms with van der Waals surface area (Å²) in [5.41, 5.74) is 4.82. The topological polar surface area (TPSA) is 61.6 Å². The summed E-state index contributed by atoms with van der Waals surface area (Å²) in [6, 6.07) is 0. The summed E-state index contributed by atoms with van der Waals surface area (Å²) in [6.45, 7) is 2.11. The molecule has 1 saturated heterocycles. The standard InChI is InChI=1S/C8H15NO3/c9-8(10)12-6-3-7-1-4-11-5-2-7/h7H,1-6H2,(H2,9,10). The molecule has 1 fully saturated rings. The van der Waals surface area contributed by atoms with Gasteiger partial charge in [0.05, 0.1) is 6.61 Å². The lowest BCUT2D eigenvalue weighted by atomic mass is 9.97. The fraction of sp³-hybridized carbons (Fsp3) is 0.875. The predicted molar refractivity (Wildman–Crippen MR) is 43.7 cm³/mol. The molecule has 0 radical (unpaired) electrons. The van der Waals surface area contributed by atoms with Crippen molar-refractivity contribution in [2.24, 2.45) is 11.7 Å². The first-order valence-electron chi connectivity index (χ1n) is 4.29.